The van der Waals surface area contributed by atoms with Gasteiger partial charge in [-0.05, 0) is 48.9 Å². The summed E-state index contributed by atoms with van der Waals surface area (Å²) in [6.07, 6.45) is 3.66. The van der Waals surface area contributed by atoms with Crippen molar-refractivity contribution in [2.24, 2.45) is 0 Å². The predicted octanol–water partition coefficient (Wildman–Crippen LogP) is 3.53. The highest BCUT2D eigenvalue weighted by atomic mass is 35.5. The Morgan fingerprint density at radius 1 is 1.08 bits per heavy atom. The molecule has 0 radical (unpaired) electrons. The number of nitrogens with one attached hydrogen (secondary N) is 1. The summed E-state index contributed by atoms with van der Waals surface area (Å²) in [4.78, 5) is 4.15. The molecule has 130 valence electrons. The number of rotatable bonds is 3. The minimum Gasteiger partial charge on any atom is -0.497 e. The standard InChI is InChI=1S/C19H20N4O.ClH/c1-13-12-23-17(11-21-13)18(14-7-9-20-10-8-14)19(22-23)15-3-5-16(24-2)6-4-15;/h3-10,13,21H,11-12H2,1-2H3;1H. The van der Waals surface area contributed by atoms with Crippen LogP contribution in [0.4, 0.5) is 0 Å². The third-order valence-electron chi connectivity index (χ3n) is 4.45. The highest BCUT2D eigenvalue weighted by Gasteiger charge is 2.24. The van der Waals surface area contributed by atoms with E-state index >= 15 is 0 Å². The van der Waals surface area contributed by atoms with Gasteiger partial charge in [0.2, 0.25) is 0 Å². The molecule has 1 N–H and O–H groups in total. The normalized spacial score (nSPS) is 16.0. The third kappa shape index (κ3) is 3.25. The van der Waals surface area contributed by atoms with E-state index in [1.54, 1.807) is 7.11 Å². The van der Waals surface area contributed by atoms with Gasteiger partial charge in [0.1, 0.15) is 11.4 Å². The van der Waals surface area contributed by atoms with Crippen LogP contribution < -0.4 is 10.1 Å². The van der Waals surface area contributed by atoms with Gasteiger partial charge in [-0.2, -0.15) is 5.10 Å². The Bertz CT molecular complexity index is 846. The van der Waals surface area contributed by atoms with E-state index in [2.05, 4.69) is 34.0 Å². The maximum Gasteiger partial charge on any atom is 0.118 e. The van der Waals surface area contributed by atoms with Gasteiger partial charge in [0, 0.05) is 36.1 Å². The number of benzene rings is 1. The Hall–Kier alpha value is -2.37. The molecule has 0 saturated heterocycles. The molecule has 0 fully saturated rings. The van der Waals surface area contributed by atoms with Crippen LogP contribution in [-0.2, 0) is 13.1 Å². The number of methoxy groups -OCH3 is 1. The van der Waals surface area contributed by atoms with Crippen LogP contribution in [0.5, 0.6) is 5.75 Å². The lowest BCUT2D eigenvalue weighted by molar-refractivity contribution is 0.390. The number of hydrogen-bond donors (Lipinski definition) is 1. The molecule has 2 aromatic heterocycles. The van der Waals surface area contributed by atoms with Crippen molar-refractivity contribution >= 4 is 12.4 Å². The maximum absolute atomic E-state index is 5.27. The van der Waals surface area contributed by atoms with Crippen molar-refractivity contribution in [2.75, 3.05) is 7.11 Å². The number of nitrogens with zero attached hydrogens (tertiary/aromatic N) is 3. The molecule has 1 aromatic carbocycles. The van der Waals surface area contributed by atoms with Crippen molar-refractivity contribution in [1.29, 1.82) is 0 Å². The summed E-state index contributed by atoms with van der Waals surface area (Å²) >= 11 is 0. The Labute approximate surface area is 153 Å². The molecule has 0 spiro atoms. The molecule has 4 rings (SSSR count). The van der Waals surface area contributed by atoms with Crippen molar-refractivity contribution < 1.29 is 4.74 Å². The number of ether oxygens (including phenoxy) is 1. The van der Waals surface area contributed by atoms with Gasteiger partial charge in [0.25, 0.3) is 0 Å². The lowest BCUT2D eigenvalue weighted by atomic mass is 9.99. The van der Waals surface area contributed by atoms with Crippen LogP contribution in [0.25, 0.3) is 22.4 Å². The molecule has 6 heteroatoms. The number of fused-ring (bicyclic) bond motifs is 1. The van der Waals surface area contributed by atoms with Crippen LogP contribution in [0.1, 0.15) is 12.6 Å². The molecule has 25 heavy (non-hydrogen) atoms. The van der Waals surface area contributed by atoms with Gasteiger partial charge in [-0.15, -0.1) is 12.4 Å². The van der Waals surface area contributed by atoms with E-state index in [1.807, 2.05) is 36.7 Å². The van der Waals surface area contributed by atoms with Crippen molar-refractivity contribution in [3.05, 3.63) is 54.5 Å². The van der Waals surface area contributed by atoms with Gasteiger partial charge in [-0.3, -0.25) is 9.67 Å². The van der Waals surface area contributed by atoms with Gasteiger partial charge in [0.05, 0.1) is 19.3 Å². The topological polar surface area (TPSA) is 52.0 Å². The summed E-state index contributed by atoms with van der Waals surface area (Å²) in [6.45, 7) is 3.88. The molecule has 1 unspecified atom stereocenters. The van der Waals surface area contributed by atoms with E-state index in [-0.39, 0.29) is 12.4 Å². The van der Waals surface area contributed by atoms with Crippen molar-refractivity contribution in [1.82, 2.24) is 20.1 Å². The summed E-state index contributed by atoms with van der Waals surface area (Å²) in [6, 6.07) is 12.6. The zero-order valence-electron chi connectivity index (χ0n) is 14.3. The maximum atomic E-state index is 5.27. The monoisotopic (exact) mass is 356 g/mol. The van der Waals surface area contributed by atoms with Crippen LogP contribution in [0.2, 0.25) is 0 Å². The number of pyridine rings is 1. The van der Waals surface area contributed by atoms with Crippen molar-refractivity contribution in [3.8, 4) is 28.1 Å². The molecule has 1 aliphatic rings. The van der Waals surface area contributed by atoms with E-state index in [0.29, 0.717) is 6.04 Å². The molecule has 0 aliphatic carbocycles. The molecule has 0 saturated carbocycles. The third-order valence-corrected chi connectivity index (χ3v) is 4.45. The van der Waals surface area contributed by atoms with Crippen LogP contribution in [-0.4, -0.2) is 27.9 Å². The molecular weight excluding hydrogens is 336 g/mol. The first-order valence-electron chi connectivity index (χ1n) is 8.14. The smallest absolute Gasteiger partial charge is 0.118 e. The van der Waals surface area contributed by atoms with Gasteiger partial charge in [0.15, 0.2) is 0 Å². The molecule has 1 atom stereocenters. The van der Waals surface area contributed by atoms with E-state index in [4.69, 9.17) is 9.84 Å². The average Bonchev–Trinajstić information content (AvgIpc) is 3.01. The first-order valence-corrected chi connectivity index (χ1v) is 8.14. The molecule has 1 aliphatic heterocycles. The van der Waals surface area contributed by atoms with Crippen LogP contribution in [0.3, 0.4) is 0 Å². The summed E-state index contributed by atoms with van der Waals surface area (Å²) in [5, 5.41) is 8.45. The van der Waals surface area contributed by atoms with E-state index in [9.17, 15) is 0 Å². The molecule has 5 nitrogen and oxygen atoms in total. The van der Waals surface area contributed by atoms with E-state index in [1.165, 1.54) is 11.3 Å². The quantitative estimate of drug-likeness (QED) is 0.780. The van der Waals surface area contributed by atoms with E-state index in [0.717, 1.165) is 35.7 Å². The summed E-state index contributed by atoms with van der Waals surface area (Å²) in [7, 11) is 1.68. The summed E-state index contributed by atoms with van der Waals surface area (Å²) < 4.78 is 7.41. The number of hydrogen-bond acceptors (Lipinski definition) is 4. The molecular formula is C19H21ClN4O. The number of aromatic nitrogens is 3. The van der Waals surface area contributed by atoms with Crippen LogP contribution >= 0.6 is 12.4 Å². The fourth-order valence-corrected chi connectivity index (χ4v) is 3.20. The fraction of sp³-hybridized carbons (Fsp3) is 0.263. The Morgan fingerprint density at radius 3 is 2.48 bits per heavy atom. The predicted molar refractivity (Wildman–Crippen MR) is 101 cm³/mol. The van der Waals surface area contributed by atoms with Gasteiger partial charge >= 0.3 is 0 Å². The van der Waals surface area contributed by atoms with Gasteiger partial charge in [-0.25, -0.2) is 0 Å². The zero-order chi connectivity index (χ0) is 16.5. The van der Waals surface area contributed by atoms with Crippen LogP contribution in [0.15, 0.2) is 48.8 Å². The lowest BCUT2D eigenvalue weighted by Gasteiger charge is -2.22. The summed E-state index contributed by atoms with van der Waals surface area (Å²) in [5.74, 6) is 0.850. The first kappa shape index (κ1) is 17.5. The lowest BCUT2D eigenvalue weighted by Crippen LogP contribution is -2.36. The minimum absolute atomic E-state index is 0. The van der Waals surface area contributed by atoms with E-state index < -0.39 is 0 Å². The second-order valence-electron chi connectivity index (χ2n) is 6.10. The average molecular weight is 357 g/mol. The molecule has 3 heterocycles. The Morgan fingerprint density at radius 2 is 1.80 bits per heavy atom. The van der Waals surface area contributed by atoms with Crippen LogP contribution in [0, 0.1) is 0 Å². The van der Waals surface area contributed by atoms with Gasteiger partial charge in [-0.1, -0.05) is 0 Å². The summed E-state index contributed by atoms with van der Waals surface area (Å²) in [5.41, 5.74) is 5.66. The molecule has 3 aromatic rings. The number of halogens is 1. The zero-order valence-corrected chi connectivity index (χ0v) is 15.1. The fourth-order valence-electron chi connectivity index (χ4n) is 3.20. The highest BCUT2D eigenvalue weighted by molar-refractivity contribution is 5.85. The minimum atomic E-state index is 0. The Kier molecular flexibility index (Phi) is 5.06. The largest absolute Gasteiger partial charge is 0.497 e. The second-order valence-corrected chi connectivity index (χ2v) is 6.10. The van der Waals surface area contributed by atoms with Crippen molar-refractivity contribution in [2.45, 2.75) is 26.1 Å². The molecule has 0 bridgehead atoms. The first-order chi connectivity index (χ1) is 11.8. The second kappa shape index (κ2) is 7.25. The van der Waals surface area contributed by atoms with Gasteiger partial charge < -0.3 is 10.1 Å². The Balaban J connectivity index is 0.00000182. The van der Waals surface area contributed by atoms with Crippen molar-refractivity contribution in [3.63, 3.8) is 0 Å². The SMILES string of the molecule is COc1ccc(-c2nn3c(c2-c2ccncc2)CNC(C)C3)cc1.Cl. The highest BCUT2D eigenvalue weighted by Crippen LogP contribution is 2.36. The molecule has 0 amide bonds.